The van der Waals surface area contributed by atoms with Gasteiger partial charge < -0.3 is 8.85 Å². The average molecular weight is 327 g/mol. The Morgan fingerprint density at radius 2 is 1.65 bits per heavy atom. The third kappa shape index (κ3) is 2.89. The summed E-state index contributed by atoms with van der Waals surface area (Å²) in [5.74, 6) is 0. The lowest BCUT2D eigenvalue weighted by molar-refractivity contribution is 0.255. The Balaban J connectivity index is 2.03. The van der Waals surface area contributed by atoms with E-state index in [-0.39, 0.29) is 0 Å². The zero-order valence-corrected chi connectivity index (χ0v) is 15.4. The minimum atomic E-state index is -2.35. The van der Waals surface area contributed by atoms with E-state index in [0.717, 1.165) is 12.5 Å². The zero-order valence-electron chi connectivity index (χ0n) is 14.4. The van der Waals surface area contributed by atoms with E-state index < -0.39 is 8.56 Å². The van der Waals surface area contributed by atoms with Crippen molar-refractivity contribution in [2.75, 3.05) is 14.2 Å². The van der Waals surface area contributed by atoms with Crippen molar-refractivity contribution in [3.8, 4) is 11.1 Å². The van der Waals surface area contributed by atoms with Gasteiger partial charge in [0.2, 0.25) is 0 Å². The molecule has 0 atom stereocenters. The summed E-state index contributed by atoms with van der Waals surface area (Å²) >= 11 is 0. The summed E-state index contributed by atoms with van der Waals surface area (Å²) in [5, 5.41) is 1.33. The smallest absolute Gasteiger partial charge is 0.372 e. The van der Waals surface area contributed by atoms with Crippen molar-refractivity contribution in [3.05, 3.63) is 53.6 Å². The van der Waals surface area contributed by atoms with Crippen LogP contribution in [0.1, 0.15) is 37.3 Å². The summed E-state index contributed by atoms with van der Waals surface area (Å²) in [6.07, 6.45) is 4.62. The molecule has 1 aliphatic carbocycles. The molecule has 0 radical (unpaired) electrons. The number of unbranched alkanes of at least 4 members (excludes halogenated alkanes) is 2. The SMILES string of the molecule is CCCCC[Si](OC)(OC)c1cccc2c1Cc1ccccc1-2. The van der Waals surface area contributed by atoms with Gasteiger partial charge in [-0.2, -0.15) is 0 Å². The minimum Gasteiger partial charge on any atom is -0.394 e. The maximum Gasteiger partial charge on any atom is 0.372 e. The highest BCUT2D eigenvalue weighted by Gasteiger charge is 2.41. The van der Waals surface area contributed by atoms with Gasteiger partial charge in [-0.1, -0.05) is 68.7 Å². The van der Waals surface area contributed by atoms with E-state index in [1.54, 1.807) is 0 Å². The predicted octanol–water partition coefficient (Wildman–Crippen LogP) is 4.39. The lowest BCUT2D eigenvalue weighted by Gasteiger charge is -2.29. The van der Waals surface area contributed by atoms with Crippen molar-refractivity contribution in [3.63, 3.8) is 0 Å². The lowest BCUT2D eigenvalue weighted by Crippen LogP contribution is -2.53. The fourth-order valence-corrected chi connectivity index (χ4v) is 6.80. The van der Waals surface area contributed by atoms with E-state index in [4.69, 9.17) is 8.85 Å². The van der Waals surface area contributed by atoms with Gasteiger partial charge in [0, 0.05) is 14.2 Å². The highest BCUT2D eigenvalue weighted by atomic mass is 28.4. The Bertz CT molecular complexity index is 677. The second kappa shape index (κ2) is 6.99. The molecule has 0 bridgehead atoms. The van der Waals surface area contributed by atoms with Gasteiger partial charge in [0.25, 0.3) is 0 Å². The van der Waals surface area contributed by atoms with E-state index in [9.17, 15) is 0 Å². The van der Waals surface area contributed by atoms with Crippen molar-refractivity contribution in [1.29, 1.82) is 0 Å². The molecule has 0 saturated carbocycles. The van der Waals surface area contributed by atoms with Crippen LogP contribution in [0.5, 0.6) is 0 Å². The molecule has 0 N–H and O–H groups in total. The van der Waals surface area contributed by atoms with E-state index in [0.29, 0.717) is 0 Å². The number of benzene rings is 2. The van der Waals surface area contributed by atoms with Crippen LogP contribution in [0.3, 0.4) is 0 Å². The normalized spacial score (nSPS) is 13.0. The molecule has 2 nitrogen and oxygen atoms in total. The summed E-state index contributed by atoms with van der Waals surface area (Å²) in [4.78, 5) is 0. The first-order valence-corrected chi connectivity index (χ1v) is 10.6. The zero-order chi connectivity index (χ0) is 16.3. The molecule has 0 amide bonds. The van der Waals surface area contributed by atoms with Gasteiger partial charge in [-0.05, 0) is 39.9 Å². The number of hydrogen-bond donors (Lipinski definition) is 0. The van der Waals surface area contributed by atoms with Crippen molar-refractivity contribution < 1.29 is 8.85 Å². The van der Waals surface area contributed by atoms with E-state index in [1.807, 2.05) is 14.2 Å². The van der Waals surface area contributed by atoms with E-state index in [1.165, 1.54) is 46.7 Å². The quantitative estimate of drug-likeness (QED) is 0.473. The molecule has 2 aromatic carbocycles. The molecular formula is C20H26O2Si. The molecule has 0 unspecified atom stereocenters. The van der Waals surface area contributed by atoms with Gasteiger partial charge in [-0.25, -0.2) is 0 Å². The van der Waals surface area contributed by atoms with Gasteiger partial charge in [-0.15, -0.1) is 0 Å². The van der Waals surface area contributed by atoms with E-state index in [2.05, 4.69) is 49.4 Å². The third-order valence-electron chi connectivity index (χ3n) is 5.03. The molecule has 122 valence electrons. The van der Waals surface area contributed by atoms with Gasteiger partial charge in [0.15, 0.2) is 0 Å². The summed E-state index contributed by atoms with van der Waals surface area (Å²) in [6.45, 7) is 2.24. The first-order valence-electron chi connectivity index (χ1n) is 8.56. The maximum absolute atomic E-state index is 6.06. The van der Waals surface area contributed by atoms with Gasteiger partial charge in [0.05, 0.1) is 0 Å². The molecule has 23 heavy (non-hydrogen) atoms. The third-order valence-corrected chi connectivity index (χ3v) is 8.65. The maximum atomic E-state index is 6.06. The molecule has 1 aliphatic rings. The summed E-state index contributed by atoms with van der Waals surface area (Å²) in [7, 11) is 1.29. The second-order valence-electron chi connectivity index (χ2n) is 6.28. The van der Waals surface area contributed by atoms with Gasteiger partial charge in [-0.3, -0.25) is 0 Å². The van der Waals surface area contributed by atoms with Crippen LogP contribution < -0.4 is 5.19 Å². The average Bonchev–Trinajstić information content (AvgIpc) is 2.98. The van der Waals surface area contributed by atoms with Crippen molar-refractivity contribution in [2.45, 2.75) is 38.7 Å². The van der Waals surface area contributed by atoms with Crippen molar-refractivity contribution in [2.24, 2.45) is 0 Å². The molecule has 0 heterocycles. The van der Waals surface area contributed by atoms with Crippen LogP contribution in [0.15, 0.2) is 42.5 Å². The van der Waals surface area contributed by atoms with Crippen LogP contribution in [0.4, 0.5) is 0 Å². The fourth-order valence-electron chi connectivity index (χ4n) is 3.76. The summed E-state index contributed by atoms with van der Waals surface area (Å²) < 4.78 is 12.1. The van der Waals surface area contributed by atoms with Crippen LogP contribution >= 0.6 is 0 Å². The summed E-state index contributed by atoms with van der Waals surface area (Å²) in [5.41, 5.74) is 5.56. The fraction of sp³-hybridized carbons (Fsp3) is 0.400. The lowest BCUT2D eigenvalue weighted by atomic mass is 10.1. The Labute approximate surface area is 140 Å². The first kappa shape index (κ1) is 16.4. The number of rotatable bonds is 7. The highest BCUT2D eigenvalue weighted by Crippen LogP contribution is 2.36. The largest absolute Gasteiger partial charge is 0.394 e. The Morgan fingerprint density at radius 1 is 0.913 bits per heavy atom. The molecule has 0 spiro atoms. The molecular weight excluding hydrogens is 300 g/mol. The van der Waals surface area contributed by atoms with E-state index >= 15 is 0 Å². The van der Waals surface area contributed by atoms with Crippen LogP contribution in [0.2, 0.25) is 6.04 Å². The topological polar surface area (TPSA) is 18.5 Å². The molecule has 0 fully saturated rings. The molecule has 0 aromatic heterocycles. The Morgan fingerprint density at radius 3 is 2.39 bits per heavy atom. The van der Waals surface area contributed by atoms with Gasteiger partial charge in [0.1, 0.15) is 0 Å². The van der Waals surface area contributed by atoms with Crippen LogP contribution in [-0.4, -0.2) is 22.8 Å². The minimum absolute atomic E-state index is 0.997. The Hall–Kier alpha value is -1.42. The van der Waals surface area contributed by atoms with Crippen LogP contribution in [0.25, 0.3) is 11.1 Å². The molecule has 3 heteroatoms. The van der Waals surface area contributed by atoms with Crippen LogP contribution in [0, 0.1) is 0 Å². The van der Waals surface area contributed by atoms with Crippen LogP contribution in [-0.2, 0) is 15.3 Å². The number of fused-ring (bicyclic) bond motifs is 3. The molecule has 2 aromatic rings. The van der Waals surface area contributed by atoms with Crippen molar-refractivity contribution in [1.82, 2.24) is 0 Å². The monoisotopic (exact) mass is 326 g/mol. The first-order chi connectivity index (χ1) is 11.3. The second-order valence-corrected chi connectivity index (χ2v) is 9.64. The van der Waals surface area contributed by atoms with Gasteiger partial charge >= 0.3 is 8.56 Å². The highest BCUT2D eigenvalue weighted by molar-refractivity contribution is 6.81. The Kier molecular flexibility index (Phi) is 5.00. The summed E-state index contributed by atoms with van der Waals surface area (Å²) in [6, 6.07) is 16.4. The molecule has 3 rings (SSSR count). The molecule has 0 aliphatic heterocycles. The van der Waals surface area contributed by atoms with Crippen molar-refractivity contribution >= 4 is 13.7 Å². The number of hydrogen-bond acceptors (Lipinski definition) is 2. The standard InChI is InChI=1S/C20H26O2Si/c1-4-5-8-14-23(21-2,22-3)20-13-9-12-18-17-11-7-6-10-16(17)15-19(18)20/h6-7,9-13H,4-5,8,14-15H2,1-3H3. The predicted molar refractivity (Wildman–Crippen MR) is 98.4 cm³/mol. The molecule has 0 saturated heterocycles.